The molecular weight excluding hydrogens is 300 g/mol. The van der Waals surface area contributed by atoms with Gasteiger partial charge in [-0.25, -0.2) is 0 Å². The molecular formula is C16H21BrN2. The zero-order valence-corrected chi connectivity index (χ0v) is 13.2. The molecule has 2 rings (SSSR count). The first kappa shape index (κ1) is 15.7. The number of nitrogens with one attached hydrogen (secondary N) is 1. The molecule has 0 heterocycles. The molecule has 2 aromatic carbocycles. The fourth-order valence-corrected chi connectivity index (χ4v) is 1.92. The van der Waals surface area contributed by atoms with Gasteiger partial charge in [-0.3, -0.25) is 0 Å². The lowest BCUT2D eigenvalue weighted by molar-refractivity contribution is 0.425. The average molecular weight is 321 g/mol. The van der Waals surface area contributed by atoms with Crippen molar-refractivity contribution in [3.63, 3.8) is 0 Å². The van der Waals surface area contributed by atoms with Crippen LogP contribution in [0.25, 0.3) is 11.1 Å². The van der Waals surface area contributed by atoms with Crippen molar-refractivity contribution in [2.75, 3.05) is 32.5 Å². The Balaban J connectivity index is 0.00000180. The van der Waals surface area contributed by atoms with Crippen molar-refractivity contribution in [2.24, 2.45) is 0 Å². The first-order valence-electron chi connectivity index (χ1n) is 6.30. The second-order valence-corrected chi connectivity index (χ2v) is 4.64. The fourth-order valence-electron chi connectivity index (χ4n) is 1.92. The van der Waals surface area contributed by atoms with E-state index in [1.165, 1.54) is 16.8 Å². The van der Waals surface area contributed by atoms with Crippen LogP contribution >= 0.6 is 17.0 Å². The SMILES string of the molecule is Br.CN(C)CCNc1ccccc1-c1ccccc1. The lowest BCUT2D eigenvalue weighted by Crippen LogP contribution is -2.20. The van der Waals surface area contributed by atoms with Crippen molar-refractivity contribution in [1.82, 2.24) is 4.90 Å². The molecule has 2 nitrogen and oxygen atoms in total. The maximum atomic E-state index is 3.50. The lowest BCUT2D eigenvalue weighted by atomic mass is 10.0. The molecule has 0 saturated heterocycles. The molecule has 0 atom stereocenters. The Kier molecular flexibility index (Phi) is 6.60. The predicted octanol–water partition coefficient (Wildman–Crippen LogP) is 3.91. The van der Waals surface area contributed by atoms with E-state index in [1.807, 2.05) is 6.07 Å². The standard InChI is InChI=1S/C16H20N2.BrH/c1-18(2)13-12-17-16-11-7-6-10-15(16)14-8-4-3-5-9-14;/h3-11,17H,12-13H2,1-2H3;1H. The normalized spacial score (nSPS) is 10.1. The van der Waals surface area contributed by atoms with Crippen molar-refractivity contribution in [3.8, 4) is 11.1 Å². The highest BCUT2D eigenvalue weighted by Crippen LogP contribution is 2.27. The Morgan fingerprint density at radius 2 is 1.53 bits per heavy atom. The van der Waals surface area contributed by atoms with Crippen LogP contribution in [0, 0.1) is 0 Å². The van der Waals surface area contributed by atoms with E-state index in [0.29, 0.717) is 0 Å². The van der Waals surface area contributed by atoms with Gasteiger partial charge in [0.1, 0.15) is 0 Å². The molecule has 0 bridgehead atoms. The molecule has 0 saturated carbocycles. The number of halogens is 1. The number of hydrogen-bond acceptors (Lipinski definition) is 2. The molecule has 0 unspecified atom stereocenters. The summed E-state index contributed by atoms with van der Waals surface area (Å²) in [6, 6.07) is 18.9. The summed E-state index contributed by atoms with van der Waals surface area (Å²) in [4.78, 5) is 2.18. The van der Waals surface area contributed by atoms with Gasteiger partial charge < -0.3 is 10.2 Å². The highest BCUT2D eigenvalue weighted by molar-refractivity contribution is 8.93. The van der Waals surface area contributed by atoms with Crippen LogP contribution < -0.4 is 5.32 Å². The number of para-hydroxylation sites is 1. The maximum Gasteiger partial charge on any atom is 0.0420 e. The van der Waals surface area contributed by atoms with E-state index in [-0.39, 0.29) is 17.0 Å². The van der Waals surface area contributed by atoms with Gasteiger partial charge in [0, 0.05) is 24.3 Å². The Hall–Kier alpha value is -1.32. The molecule has 3 heteroatoms. The Morgan fingerprint density at radius 1 is 0.895 bits per heavy atom. The summed E-state index contributed by atoms with van der Waals surface area (Å²) in [5, 5.41) is 3.50. The predicted molar refractivity (Wildman–Crippen MR) is 89.2 cm³/mol. The minimum absolute atomic E-state index is 0. The number of nitrogens with zero attached hydrogens (tertiary/aromatic N) is 1. The van der Waals surface area contributed by atoms with Gasteiger partial charge in [0.25, 0.3) is 0 Å². The zero-order chi connectivity index (χ0) is 12.8. The van der Waals surface area contributed by atoms with Gasteiger partial charge >= 0.3 is 0 Å². The summed E-state index contributed by atoms with van der Waals surface area (Å²) < 4.78 is 0. The number of hydrogen-bond donors (Lipinski definition) is 1. The summed E-state index contributed by atoms with van der Waals surface area (Å²) in [6.45, 7) is 1.99. The third kappa shape index (κ3) is 4.69. The Morgan fingerprint density at radius 3 is 2.21 bits per heavy atom. The smallest absolute Gasteiger partial charge is 0.0420 e. The number of benzene rings is 2. The topological polar surface area (TPSA) is 15.3 Å². The Labute approximate surface area is 126 Å². The molecule has 0 fully saturated rings. The second kappa shape index (κ2) is 7.97. The number of likely N-dealkylation sites (N-methyl/N-ethyl adjacent to an activating group) is 1. The molecule has 0 radical (unpaired) electrons. The van der Waals surface area contributed by atoms with Crippen LogP contribution in [0.1, 0.15) is 0 Å². The van der Waals surface area contributed by atoms with Gasteiger partial charge in [-0.1, -0.05) is 48.5 Å². The average Bonchev–Trinajstić information content (AvgIpc) is 2.40. The van der Waals surface area contributed by atoms with Crippen molar-refractivity contribution < 1.29 is 0 Å². The molecule has 2 aromatic rings. The quantitative estimate of drug-likeness (QED) is 0.898. The van der Waals surface area contributed by atoms with Crippen molar-refractivity contribution >= 4 is 22.7 Å². The maximum absolute atomic E-state index is 3.50. The summed E-state index contributed by atoms with van der Waals surface area (Å²) in [6.07, 6.45) is 0. The van der Waals surface area contributed by atoms with Gasteiger partial charge in [0.2, 0.25) is 0 Å². The van der Waals surface area contributed by atoms with Crippen LogP contribution in [0.15, 0.2) is 54.6 Å². The molecule has 0 aromatic heterocycles. The van der Waals surface area contributed by atoms with Crippen molar-refractivity contribution in [2.45, 2.75) is 0 Å². The van der Waals surface area contributed by atoms with E-state index in [9.17, 15) is 0 Å². The van der Waals surface area contributed by atoms with E-state index in [2.05, 4.69) is 72.8 Å². The fraction of sp³-hybridized carbons (Fsp3) is 0.250. The highest BCUT2D eigenvalue weighted by atomic mass is 79.9. The lowest BCUT2D eigenvalue weighted by Gasteiger charge is -2.14. The van der Waals surface area contributed by atoms with Gasteiger partial charge in [-0.15, -0.1) is 17.0 Å². The van der Waals surface area contributed by atoms with Crippen LogP contribution in [-0.2, 0) is 0 Å². The van der Waals surface area contributed by atoms with Crippen LogP contribution in [0.5, 0.6) is 0 Å². The molecule has 0 aliphatic rings. The monoisotopic (exact) mass is 320 g/mol. The molecule has 1 N–H and O–H groups in total. The van der Waals surface area contributed by atoms with Crippen LogP contribution in [-0.4, -0.2) is 32.1 Å². The third-order valence-corrected chi connectivity index (χ3v) is 2.89. The largest absolute Gasteiger partial charge is 0.383 e. The summed E-state index contributed by atoms with van der Waals surface area (Å²) in [5.41, 5.74) is 3.72. The molecule has 0 aliphatic heterocycles. The molecule has 19 heavy (non-hydrogen) atoms. The minimum Gasteiger partial charge on any atom is -0.383 e. The first-order valence-corrected chi connectivity index (χ1v) is 6.30. The van der Waals surface area contributed by atoms with Crippen LogP contribution in [0.4, 0.5) is 5.69 Å². The van der Waals surface area contributed by atoms with Crippen molar-refractivity contribution in [3.05, 3.63) is 54.6 Å². The van der Waals surface area contributed by atoms with Gasteiger partial charge in [-0.2, -0.15) is 0 Å². The van der Waals surface area contributed by atoms with Gasteiger partial charge in [0.05, 0.1) is 0 Å². The van der Waals surface area contributed by atoms with Crippen LogP contribution in [0.2, 0.25) is 0 Å². The van der Waals surface area contributed by atoms with E-state index in [4.69, 9.17) is 0 Å². The summed E-state index contributed by atoms with van der Waals surface area (Å²) in [7, 11) is 4.18. The Bertz CT molecular complexity index is 483. The van der Waals surface area contributed by atoms with E-state index < -0.39 is 0 Å². The zero-order valence-electron chi connectivity index (χ0n) is 11.5. The van der Waals surface area contributed by atoms with Crippen molar-refractivity contribution in [1.29, 1.82) is 0 Å². The van der Waals surface area contributed by atoms with E-state index in [1.54, 1.807) is 0 Å². The minimum atomic E-state index is 0. The second-order valence-electron chi connectivity index (χ2n) is 4.64. The first-order chi connectivity index (χ1) is 8.77. The number of anilines is 1. The third-order valence-electron chi connectivity index (χ3n) is 2.89. The van der Waals surface area contributed by atoms with Gasteiger partial charge in [0.15, 0.2) is 0 Å². The van der Waals surface area contributed by atoms with Crippen LogP contribution in [0.3, 0.4) is 0 Å². The molecule has 102 valence electrons. The molecule has 0 aliphatic carbocycles. The summed E-state index contributed by atoms with van der Waals surface area (Å²) >= 11 is 0. The van der Waals surface area contributed by atoms with Gasteiger partial charge in [-0.05, 0) is 25.7 Å². The molecule has 0 spiro atoms. The molecule has 0 amide bonds. The number of rotatable bonds is 5. The highest BCUT2D eigenvalue weighted by Gasteiger charge is 2.03. The summed E-state index contributed by atoms with van der Waals surface area (Å²) in [5.74, 6) is 0. The van der Waals surface area contributed by atoms with E-state index in [0.717, 1.165) is 13.1 Å². The van der Waals surface area contributed by atoms with E-state index >= 15 is 0 Å².